The molecule has 0 aromatic heterocycles. The molecule has 1 aromatic rings. The van der Waals surface area contributed by atoms with Crippen molar-refractivity contribution in [3.8, 4) is 0 Å². The van der Waals surface area contributed by atoms with Crippen molar-refractivity contribution < 1.29 is 32.3 Å². The van der Waals surface area contributed by atoms with Crippen LogP contribution in [-0.4, -0.2) is 66.7 Å². The zero-order valence-electron chi connectivity index (χ0n) is 17.0. The summed E-state index contributed by atoms with van der Waals surface area (Å²) in [6, 6.07) is 5.21. The Morgan fingerprint density at radius 3 is 2.68 bits per heavy atom. The van der Waals surface area contributed by atoms with Crippen LogP contribution in [0.25, 0.3) is 0 Å². The number of urea groups is 1. The molecule has 3 aliphatic rings. The van der Waals surface area contributed by atoms with E-state index in [9.17, 15) is 27.6 Å². The summed E-state index contributed by atoms with van der Waals surface area (Å²) >= 11 is 0. The zero-order valence-corrected chi connectivity index (χ0v) is 17.8. The second kappa shape index (κ2) is 7.63. The quantitative estimate of drug-likeness (QED) is 0.521. The monoisotopic (exact) mass is 449 g/mol. The number of nitrogens with one attached hydrogen (secondary N) is 1. The Morgan fingerprint density at radius 1 is 1.23 bits per heavy atom. The summed E-state index contributed by atoms with van der Waals surface area (Å²) < 4.78 is 30.7. The molecule has 166 valence electrons. The molecule has 4 amide bonds. The molecule has 2 fully saturated rings. The molecule has 2 heterocycles. The molecule has 2 unspecified atom stereocenters. The molecular formula is C20H23N3O7S. The summed E-state index contributed by atoms with van der Waals surface area (Å²) in [6.07, 6.45) is 3.14. The first kappa shape index (κ1) is 21.3. The number of ether oxygens (including phenoxy) is 1. The van der Waals surface area contributed by atoms with E-state index in [0.29, 0.717) is 10.7 Å². The number of rotatable bonds is 5. The number of carbonyl (C=O) groups is 4. The van der Waals surface area contributed by atoms with Crippen LogP contribution in [0.5, 0.6) is 0 Å². The van der Waals surface area contributed by atoms with Crippen LogP contribution in [-0.2, 0) is 24.3 Å². The molecule has 1 aromatic carbocycles. The van der Waals surface area contributed by atoms with E-state index in [1.165, 1.54) is 18.2 Å². The molecule has 1 saturated carbocycles. The van der Waals surface area contributed by atoms with Gasteiger partial charge in [-0.15, -0.1) is 0 Å². The van der Waals surface area contributed by atoms with Crippen LogP contribution in [0.2, 0.25) is 0 Å². The van der Waals surface area contributed by atoms with Gasteiger partial charge in [-0.3, -0.25) is 19.3 Å². The second-order valence-corrected chi connectivity index (χ2v) is 9.87. The normalized spacial score (nSPS) is 26.9. The minimum absolute atomic E-state index is 0.0354. The molecule has 11 heteroatoms. The molecule has 31 heavy (non-hydrogen) atoms. The van der Waals surface area contributed by atoms with Gasteiger partial charge >= 0.3 is 12.0 Å². The van der Waals surface area contributed by atoms with Crippen molar-refractivity contribution >= 4 is 33.8 Å². The first-order valence-corrected chi connectivity index (χ1v) is 11.6. The lowest BCUT2D eigenvalue weighted by Gasteiger charge is -2.36. The van der Waals surface area contributed by atoms with Crippen molar-refractivity contribution in [1.29, 1.82) is 0 Å². The van der Waals surface area contributed by atoms with Crippen LogP contribution in [0.1, 0.15) is 43.0 Å². The molecule has 1 N–H and O–H groups in total. The van der Waals surface area contributed by atoms with Crippen LogP contribution in [0.4, 0.5) is 4.79 Å². The summed E-state index contributed by atoms with van der Waals surface area (Å²) in [5.41, 5.74) is -0.905. The molecule has 0 radical (unpaired) electrons. The van der Waals surface area contributed by atoms with E-state index in [1.807, 2.05) is 6.92 Å². The van der Waals surface area contributed by atoms with Gasteiger partial charge in [0.25, 0.3) is 21.8 Å². The predicted octanol–water partition coefficient (Wildman–Crippen LogP) is 0.875. The largest absolute Gasteiger partial charge is 0.462 e. The van der Waals surface area contributed by atoms with Crippen molar-refractivity contribution in [3.63, 3.8) is 0 Å². The topological polar surface area (TPSA) is 130 Å². The number of nitrogens with zero attached hydrogens (tertiary/aromatic N) is 2. The fourth-order valence-electron chi connectivity index (χ4n) is 4.51. The summed E-state index contributed by atoms with van der Waals surface area (Å²) in [5.74, 6) is -2.01. The summed E-state index contributed by atoms with van der Waals surface area (Å²) in [7, 11) is -3.99. The SMILES string of the molecule is CC1CCCCC12NC(=O)N(CC(=O)OCCN1C(=O)c3ccccc3S1(=O)=O)C2=O. The highest BCUT2D eigenvalue weighted by molar-refractivity contribution is 7.90. The van der Waals surface area contributed by atoms with E-state index in [4.69, 9.17) is 4.74 Å². The Kier molecular flexibility index (Phi) is 5.24. The molecule has 1 aliphatic carbocycles. The maximum Gasteiger partial charge on any atom is 0.326 e. The predicted molar refractivity (Wildman–Crippen MR) is 106 cm³/mol. The van der Waals surface area contributed by atoms with Crippen molar-refractivity contribution in [2.24, 2.45) is 5.92 Å². The number of hydrogen-bond acceptors (Lipinski definition) is 7. The summed E-state index contributed by atoms with van der Waals surface area (Å²) in [6.45, 7) is 0.594. The number of hydrogen-bond donors (Lipinski definition) is 1. The van der Waals surface area contributed by atoms with Crippen LogP contribution >= 0.6 is 0 Å². The van der Waals surface area contributed by atoms with Crippen molar-refractivity contribution in [3.05, 3.63) is 29.8 Å². The van der Waals surface area contributed by atoms with Crippen molar-refractivity contribution in [1.82, 2.24) is 14.5 Å². The molecule has 1 spiro atoms. The molecule has 1 saturated heterocycles. The number of sulfonamides is 1. The smallest absolute Gasteiger partial charge is 0.326 e. The molecular weight excluding hydrogens is 426 g/mol. The van der Waals surface area contributed by atoms with E-state index < -0.39 is 45.9 Å². The van der Waals surface area contributed by atoms with Crippen molar-refractivity contribution in [2.45, 2.75) is 43.0 Å². The van der Waals surface area contributed by atoms with Crippen molar-refractivity contribution in [2.75, 3.05) is 19.7 Å². The minimum atomic E-state index is -3.99. The molecule has 2 atom stereocenters. The van der Waals surface area contributed by atoms with E-state index in [2.05, 4.69) is 5.32 Å². The van der Waals surface area contributed by atoms with Gasteiger partial charge in [-0.1, -0.05) is 31.9 Å². The number of carbonyl (C=O) groups excluding carboxylic acids is 4. The maximum atomic E-state index is 12.9. The lowest BCUT2D eigenvalue weighted by molar-refractivity contribution is -0.148. The fourth-order valence-corrected chi connectivity index (χ4v) is 6.06. The number of fused-ring (bicyclic) bond motifs is 1. The van der Waals surface area contributed by atoms with Gasteiger partial charge in [0.15, 0.2) is 0 Å². The van der Waals surface area contributed by atoms with Crippen LogP contribution < -0.4 is 5.32 Å². The molecule has 0 bridgehead atoms. The van der Waals surface area contributed by atoms with E-state index >= 15 is 0 Å². The number of amides is 4. The first-order valence-electron chi connectivity index (χ1n) is 10.1. The van der Waals surface area contributed by atoms with Gasteiger partial charge in [-0.2, -0.15) is 0 Å². The summed E-state index contributed by atoms with van der Waals surface area (Å²) in [5, 5.41) is 2.75. The van der Waals surface area contributed by atoms with E-state index in [-0.39, 0.29) is 29.5 Å². The highest BCUT2D eigenvalue weighted by Crippen LogP contribution is 2.38. The van der Waals surface area contributed by atoms with Gasteiger partial charge in [0, 0.05) is 0 Å². The average molecular weight is 449 g/mol. The van der Waals surface area contributed by atoms with Gasteiger partial charge in [0.1, 0.15) is 23.6 Å². The fraction of sp³-hybridized carbons (Fsp3) is 0.500. The van der Waals surface area contributed by atoms with E-state index in [0.717, 1.165) is 24.2 Å². The van der Waals surface area contributed by atoms with Crippen LogP contribution in [0.3, 0.4) is 0 Å². The Morgan fingerprint density at radius 2 is 1.97 bits per heavy atom. The van der Waals surface area contributed by atoms with E-state index in [1.54, 1.807) is 6.07 Å². The maximum absolute atomic E-state index is 12.9. The second-order valence-electron chi connectivity index (χ2n) is 8.04. The number of esters is 1. The van der Waals surface area contributed by atoms with Crippen LogP contribution in [0.15, 0.2) is 29.2 Å². The number of benzene rings is 1. The third kappa shape index (κ3) is 3.36. The molecule has 10 nitrogen and oxygen atoms in total. The lowest BCUT2D eigenvalue weighted by atomic mass is 9.73. The van der Waals surface area contributed by atoms with Gasteiger partial charge in [0.2, 0.25) is 0 Å². The Hall–Kier alpha value is -2.95. The lowest BCUT2D eigenvalue weighted by Crippen LogP contribution is -2.54. The van der Waals surface area contributed by atoms with Gasteiger partial charge in [-0.05, 0) is 30.9 Å². The highest BCUT2D eigenvalue weighted by atomic mass is 32.2. The standard InChI is InChI=1S/C20H23N3O7S/c1-13-6-4-5-9-20(13)18(26)22(19(27)21-20)12-16(24)30-11-10-23-17(25)14-7-2-3-8-15(14)31(23,28)29/h2-3,7-8,13H,4-6,9-12H2,1H3,(H,21,27). The third-order valence-corrected chi connectivity index (χ3v) is 8.10. The Labute approximate surface area is 179 Å². The molecule has 4 rings (SSSR count). The molecule has 2 aliphatic heterocycles. The number of imide groups is 1. The summed E-state index contributed by atoms with van der Waals surface area (Å²) in [4.78, 5) is 50.6. The Bertz CT molecular complexity index is 1070. The van der Waals surface area contributed by atoms with Gasteiger partial charge in [0.05, 0.1) is 12.1 Å². The van der Waals surface area contributed by atoms with Crippen LogP contribution in [0, 0.1) is 5.92 Å². The Balaban J connectivity index is 1.35. The third-order valence-electron chi connectivity index (χ3n) is 6.26. The zero-order chi connectivity index (χ0) is 22.4. The highest BCUT2D eigenvalue weighted by Gasteiger charge is 2.55. The minimum Gasteiger partial charge on any atom is -0.462 e. The average Bonchev–Trinajstić information content (AvgIpc) is 3.08. The van der Waals surface area contributed by atoms with Gasteiger partial charge < -0.3 is 10.1 Å². The first-order chi connectivity index (χ1) is 14.7. The van der Waals surface area contributed by atoms with Gasteiger partial charge in [-0.25, -0.2) is 17.5 Å².